The molecule has 0 amide bonds. The molecule has 2 aromatic carbocycles. The highest BCUT2D eigenvalue weighted by Crippen LogP contribution is 2.19. The van der Waals surface area contributed by atoms with E-state index in [4.69, 9.17) is 15.2 Å². The number of hydrogen-bond acceptors (Lipinski definition) is 3. The minimum Gasteiger partial charge on any atom is -0.497 e. The number of hydrogen-bond donors (Lipinski definition) is 1. The Morgan fingerprint density at radius 3 is 2.40 bits per heavy atom. The van der Waals surface area contributed by atoms with E-state index >= 15 is 0 Å². The first-order valence-corrected chi connectivity index (χ1v) is 6.37. The molecule has 2 rings (SSSR count). The second-order valence-electron chi connectivity index (χ2n) is 4.13. The van der Waals surface area contributed by atoms with Crippen LogP contribution in [0.5, 0.6) is 11.5 Å². The van der Waals surface area contributed by atoms with Gasteiger partial charge in [-0.2, -0.15) is 0 Å². The maximum atomic E-state index is 5.76. The van der Waals surface area contributed by atoms with Gasteiger partial charge in [0.05, 0.1) is 13.7 Å². The van der Waals surface area contributed by atoms with E-state index in [0.717, 1.165) is 22.6 Å². The average molecular weight is 267 g/mol. The first kappa shape index (κ1) is 14.0. The number of benzene rings is 2. The zero-order valence-corrected chi connectivity index (χ0v) is 11.4. The summed E-state index contributed by atoms with van der Waals surface area (Å²) >= 11 is 0. The Balaban J connectivity index is 2.06. The molecule has 0 spiro atoms. The maximum Gasteiger partial charge on any atom is 0.120 e. The van der Waals surface area contributed by atoms with Crippen molar-refractivity contribution in [3.8, 4) is 23.3 Å². The van der Waals surface area contributed by atoms with E-state index in [9.17, 15) is 0 Å². The van der Waals surface area contributed by atoms with Gasteiger partial charge in [-0.05, 0) is 30.3 Å². The Morgan fingerprint density at radius 2 is 1.70 bits per heavy atom. The summed E-state index contributed by atoms with van der Waals surface area (Å²) in [6.45, 7) is 0.829. The van der Waals surface area contributed by atoms with Crippen molar-refractivity contribution in [3.63, 3.8) is 0 Å². The lowest BCUT2D eigenvalue weighted by Gasteiger charge is -2.08. The highest BCUT2D eigenvalue weighted by Gasteiger charge is 2.01. The second kappa shape index (κ2) is 7.22. The van der Waals surface area contributed by atoms with E-state index in [2.05, 4.69) is 11.8 Å². The Bertz CT molecular complexity index is 609. The van der Waals surface area contributed by atoms with Crippen LogP contribution in [0.3, 0.4) is 0 Å². The summed E-state index contributed by atoms with van der Waals surface area (Å²) in [7, 11) is 1.64. The molecule has 0 heterocycles. The quantitative estimate of drug-likeness (QED) is 0.866. The molecule has 0 atom stereocenters. The Hall–Kier alpha value is -2.44. The van der Waals surface area contributed by atoms with E-state index in [1.165, 1.54) is 0 Å². The van der Waals surface area contributed by atoms with E-state index in [1.807, 2.05) is 48.5 Å². The monoisotopic (exact) mass is 267 g/mol. The lowest BCUT2D eigenvalue weighted by Crippen LogP contribution is -1.99. The topological polar surface area (TPSA) is 44.5 Å². The van der Waals surface area contributed by atoms with Gasteiger partial charge in [0, 0.05) is 11.1 Å². The van der Waals surface area contributed by atoms with E-state index in [0.29, 0.717) is 13.2 Å². The van der Waals surface area contributed by atoms with Crippen LogP contribution in [-0.2, 0) is 6.61 Å². The second-order valence-corrected chi connectivity index (χ2v) is 4.13. The average Bonchev–Trinajstić information content (AvgIpc) is 2.52. The number of rotatable bonds is 4. The van der Waals surface area contributed by atoms with Gasteiger partial charge in [0.25, 0.3) is 0 Å². The molecule has 0 radical (unpaired) electrons. The molecule has 0 unspecified atom stereocenters. The molecule has 0 aromatic heterocycles. The van der Waals surface area contributed by atoms with Gasteiger partial charge in [-0.25, -0.2) is 0 Å². The molecule has 3 nitrogen and oxygen atoms in total. The summed E-state index contributed by atoms with van der Waals surface area (Å²) in [6, 6.07) is 15.4. The summed E-state index contributed by atoms with van der Waals surface area (Å²) in [5.74, 6) is 7.53. The fourth-order valence-corrected chi connectivity index (χ4v) is 1.75. The number of ether oxygens (including phenoxy) is 2. The van der Waals surface area contributed by atoms with Gasteiger partial charge in [-0.3, -0.25) is 0 Å². The zero-order valence-electron chi connectivity index (χ0n) is 11.4. The largest absolute Gasteiger partial charge is 0.497 e. The summed E-state index contributed by atoms with van der Waals surface area (Å²) in [4.78, 5) is 0. The molecule has 0 aliphatic heterocycles. The zero-order chi connectivity index (χ0) is 14.2. The first-order valence-electron chi connectivity index (χ1n) is 6.37. The van der Waals surface area contributed by atoms with E-state index in [-0.39, 0.29) is 0 Å². The molecular weight excluding hydrogens is 250 g/mol. The molecular formula is C17H17NO2. The third kappa shape index (κ3) is 3.78. The highest BCUT2D eigenvalue weighted by atomic mass is 16.5. The molecule has 0 saturated heterocycles. The number of methoxy groups -OCH3 is 1. The molecule has 0 fully saturated rings. The van der Waals surface area contributed by atoms with Crippen LogP contribution in [0, 0.1) is 11.8 Å². The van der Waals surface area contributed by atoms with Gasteiger partial charge in [0.15, 0.2) is 0 Å². The highest BCUT2D eigenvalue weighted by molar-refractivity contribution is 5.41. The predicted molar refractivity (Wildman–Crippen MR) is 79.7 cm³/mol. The van der Waals surface area contributed by atoms with Crippen molar-refractivity contribution in [1.29, 1.82) is 0 Å². The van der Waals surface area contributed by atoms with Gasteiger partial charge in [0.2, 0.25) is 0 Å². The molecule has 20 heavy (non-hydrogen) atoms. The van der Waals surface area contributed by atoms with Crippen molar-refractivity contribution in [2.75, 3.05) is 13.7 Å². The summed E-state index contributed by atoms with van der Waals surface area (Å²) in [5.41, 5.74) is 7.40. The smallest absolute Gasteiger partial charge is 0.120 e. The van der Waals surface area contributed by atoms with Crippen LogP contribution in [0.25, 0.3) is 0 Å². The van der Waals surface area contributed by atoms with Gasteiger partial charge in [-0.1, -0.05) is 30.0 Å². The van der Waals surface area contributed by atoms with Crippen molar-refractivity contribution < 1.29 is 9.47 Å². The standard InChI is InChI=1S/C17H17NO2/c1-19-16-8-10-17(11-9-16)20-13-15-6-3-2-5-14(15)7-4-12-18/h2-3,5-6,8-11H,12-13,18H2,1H3. The third-order valence-corrected chi connectivity index (χ3v) is 2.80. The van der Waals surface area contributed by atoms with Gasteiger partial charge >= 0.3 is 0 Å². The molecule has 102 valence electrons. The van der Waals surface area contributed by atoms with Gasteiger partial charge < -0.3 is 15.2 Å². The van der Waals surface area contributed by atoms with Crippen molar-refractivity contribution in [1.82, 2.24) is 0 Å². The fraction of sp³-hybridized carbons (Fsp3) is 0.176. The van der Waals surface area contributed by atoms with Crippen LogP contribution in [0.2, 0.25) is 0 Å². The maximum absolute atomic E-state index is 5.76. The normalized spacial score (nSPS) is 9.50. The molecule has 0 saturated carbocycles. The van der Waals surface area contributed by atoms with Crippen LogP contribution >= 0.6 is 0 Å². The van der Waals surface area contributed by atoms with Gasteiger partial charge in [0.1, 0.15) is 18.1 Å². The third-order valence-electron chi connectivity index (χ3n) is 2.80. The molecule has 0 aliphatic rings. The Labute approximate surface area is 119 Å². The van der Waals surface area contributed by atoms with Crippen molar-refractivity contribution >= 4 is 0 Å². The summed E-state index contributed by atoms with van der Waals surface area (Å²) in [6.07, 6.45) is 0. The Morgan fingerprint density at radius 1 is 1.00 bits per heavy atom. The lowest BCUT2D eigenvalue weighted by molar-refractivity contribution is 0.305. The molecule has 2 N–H and O–H groups in total. The Kier molecular flexibility index (Phi) is 5.05. The molecule has 3 heteroatoms. The summed E-state index contributed by atoms with van der Waals surface area (Å²) < 4.78 is 10.9. The van der Waals surface area contributed by atoms with Crippen molar-refractivity contribution in [2.24, 2.45) is 5.73 Å². The fourth-order valence-electron chi connectivity index (χ4n) is 1.75. The SMILES string of the molecule is COc1ccc(OCc2ccccc2C#CCN)cc1. The van der Waals surface area contributed by atoms with E-state index in [1.54, 1.807) is 7.11 Å². The van der Waals surface area contributed by atoms with Crippen LogP contribution in [0.15, 0.2) is 48.5 Å². The van der Waals surface area contributed by atoms with Crippen LogP contribution in [0.1, 0.15) is 11.1 Å². The van der Waals surface area contributed by atoms with Gasteiger partial charge in [-0.15, -0.1) is 0 Å². The van der Waals surface area contributed by atoms with Crippen LogP contribution in [-0.4, -0.2) is 13.7 Å². The minimum absolute atomic E-state index is 0.355. The molecule has 2 aromatic rings. The molecule has 0 bridgehead atoms. The van der Waals surface area contributed by atoms with E-state index < -0.39 is 0 Å². The first-order chi connectivity index (χ1) is 9.83. The predicted octanol–water partition coefficient (Wildman–Crippen LogP) is 2.58. The van der Waals surface area contributed by atoms with Crippen molar-refractivity contribution in [2.45, 2.75) is 6.61 Å². The van der Waals surface area contributed by atoms with Crippen molar-refractivity contribution in [3.05, 3.63) is 59.7 Å². The summed E-state index contributed by atoms with van der Waals surface area (Å²) in [5, 5.41) is 0. The lowest BCUT2D eigenvalue weighted by atomic mass is 10.1. The number of nitrogens with two attached hydrogens (primary N) is 1. The van der Waals surface area contributed by atoms with Crippen LogP contribution in [0.4, 0.5) is 0 Å². The molecule has 0 aliphatic carbocycles. The minimum atomic E-state index is 0.355. The van der Waals surface area contributed by atoms with Crippen LogP contribution < -0.4 is 15.2 Å².